The Morgan fingerprint density at radius 1 is 1.23 bits per heavy atom. The number of aryl methyl sites for hydroxylation is 1. The fourth-order valence-electron chi connectivity index (χ4n) is 5.54. The van der Waals surface area contributed by atoms with Crippen molar-refractivity contribution in [3.05, 3.63) is 47.1 Å². The van der Waals surface area contributed by atoms with Gasteiger partial charge in [0.25, 0.3) is 5.91 Å². The quantitative estimate of drug-likeness (QED) is 0.351. The molecule has 3 amide bonds. The maximum Gasteiger partial charge on any atom is 0.410 e. The minimum absolute atomic E-state index is 0.0551. The van der Waals surface area contributed by atoms with Gasteiger partial charge >= 0.3 is 12.2 Å². The van der Waals surface area contributed by atoms with E-state index in [-0.39, 0.29) is 42.0 Å². The molecule has 3 atom stereocenters. The molecule has 234 valence electrons. The van der Waals surface area contributed by atoms with Crippen molar-refractivity contribution < 1.29 is 49.5 Å². The van der Waals surface area contributed by atoms with Gasteiger partial charge in [0.15, 0.2) is 22.9 Å². The minimum Gasteiger partial charge on any atom is -0.435 e. The fraction of sp³-hybridized carbons (Fsp3) is 0.538. The predicted octanol–water partition coefficient (Wildman–Crippen LogP) is 4.78. The van der Waals surface area contributed by atoms with Crippen molar-refractivity contribution in [1.29, 1.82) is 0 Å². The maximum absolute atomic E-state index is 15.4. The van der Waals surface area contributed by atoms with Crippen LogP contribution in [0.5, 0.6) is 0 Å². The average Bonchev–Trinajstić information content (AvgIpc) is 3.62. The Labute approximate surface area is 239 Å². The molecule has 0 radical (unpaired) electrons. The van der Waals surface area contributed by atoms with Gasteiger partial charge in [0.1, 0.15) is 17.6 Å². The number of carbonyl (C=O) groups is 2. The van der Waals surface area contributed by atoms with Crippen LogP contribution in [-0.4, -0.2) is 70.0 Å². The number of halogens is 7. The first-order valence-corrected chi connectivity index (χ1v) is 13.3. The summed E-state index contributed by atoms with van der Waals surface area (Å²) in [6.07, 6.45) is -4.97. The zero-order valence-electron chi connectivity index (χ0n) is 22.9. The smallest absolute Gasteiger partial charge is 0.410 e. The van der Waals surface area contributed by atoms with Crippen LogP contribution >= 0.6 is 0 Å². The zero-order valence-corrected chi connectivity index (χ0v) is 22.9. The summed E-state index contributed by atoms with van der Waals surface area (Å²) in [4.78, 5) is 30.6. The average molecular weight is 621 g/mol. The number of hydrogen-bond acceptors (Lipinski definition) is 6. The van der Waals surface area contributed by atoms with Crippen LogP contribution in [0, 0.1) is 17.6 Å². The summed E-state index contributed by atoms with van der Waals surface area (Å²) < 4.78 is 109. The Morgan fingerprint density at radius 2 is 1.93 bits per heavy atom. The molecule has 17 heteroatoms. The van der Waals surface area contributed by atoms with Gasteiger partial charge in [-0.2, -0.15) is 18.3 Å². The van der Waals surface area contributed by atoms with Crippen LogP contribution in [0.4, 0.5) is 35.5 Å². The molecule has 2 aliphatic rings. The molecule has 3 heterocycles. The highest BCUT2D eigenvalue weighted by Gasteiger charge is 2.49. The second-order valence-electron chi connectivity index (χ2n) is 10.7. The number of methoxy groups -OCH3 is 1. The van der Waals surface area contributed by atoms with Crippen LogP contribution in [0.15, 0.2) is 22.7 Å². The lowest BCUT2D eigenvalue weighted by Gasteiger charge is -2.32. The third-order valence-electron chi connectivity index (χ3n) is 7.80. The summed E-state index contributed by atoms with van der Waals surface area (Å²) in [5.74, 6) is -6.61. The summed E-state index contributed by atoms with van der Waals surface area (Å²) in [7, 11) is 2.59. The van der Waals surface area contributed by atoms with E-state index in [1.165, 1.54) is 20.2 Å². The summed E-state index contributed by atoms with van der Waals surface area (Å²) in [6, 6.07) is -3.19. The number of oxazole rings is 1. The van der Waals surface area contributed by atoms with Gasteiger partial charge in [-0.25, -0.2) is 27.3 Å². The Kier molecular flexibility index (Phi) is 8.04. The Bertz CT molecular complexity index is 1490. The van der Waals surface area contributed by atoms with E-state index in [0.29, 0.717) is 0 Å². The topological polar surface area (TPSA) is 115 Å². The molecule has 2 aromatic heterocycles. The third-order valence-corrected chi connectivity index (χ3v) is 7.80. The van der Waals surface area contributed by atoms with Crippen molar-refractivity contribution >= 4 is 23.0 Å². The van der Waals surface area contributed by atoms with Gasteiger partial charge in [-0.1, -0.05) is 0 Å². The number of nitrogens with zero attached hydrogens (tertiary/aromatic N) is 4. The molecule has 2 N–H and O–H groups in total. The molecule has 1 aliphatic carbocycles. The van der Waals surface area contributed by atoms with E-state index in [9.17, 15) is 35.9 Å². The first-order chi connectivity index (χ1) is 20.2. The maximum atomic E-state index is 15.4. The van der Waals surface area contributed by atoms with Gasteiger partial charge in [0.2, 0.25) is 11.8 Å². The van der Waals surface area contributed by atoms with Crippen molar-refractivity contribution in [3.8, 4) is 0 Å². The lowest BCUT2D eigenvalue weighted by Crippen LogP contribution is -2.40. The molecular formula is C26H27F7N6O4. The second kappa shape index (κ2) is 11.3. The number of alkyl halides is 5. The van der Waals surface area contributed by atoms with Crippen molar-refractivity contribution in [1.82, 2.24) is 30.3 Å². The van der Waals surface area contributed by atoms with Gasteiger partial charge in [0.05, 0.1) is 25.4 Å². The molecule has 0 unspecified atom stereocenters. The number of aromatic nitrogens is 3. The summed E-state index contributed by atoms with van der Waals surface area (Å²) in [5, 5.41) is 8.11. The number of hydrogen-bond donors (Lipinski definition) is 2. The highest BCUT2D eigenvalue weighted by Crippen LogP contribution is 2.42. The summed E-state index contributed by atoms with van der Waals surface area (Å²) >= 11 is 0. The molecule has 43 heavy (non-hydrogen) atoms. The first-order valence-electron chi connectivity index (χ1n) is 13.3. The van der Waals surface area contributed by atoms with Gasteiger partial charge < -0.3 is 24.7 Å². The Hall–Kier alpha value is -3.89. The molecular weight excluding hydrogens is 593 g/mol. The number of benzene rings is 1. The number of fused-ring (bicyclic) bond motifs is 1. The van der Waals surface area contributed by atoms with Gasteiger partial charge in [0, 0.05) is 27.0 Å². The number of rotatable bonds is 8. The van der Waals surface area contributed by atoms with Crippen LogP contribution in [-0.2, 0) is 11.8 Å². The zero-order chi connectivity index (χ0) is 31.3. The number of nitrogens with one attached hydrogen (secondary N) is 2. The molecule has 0 spiro atoms. The van der Waals surface area contributed by atoms with Crippen LogP contribution in [0.1, 0.15) is 59.7 Å². The summed E-state index contributed by atoms with van der Waals surface area (Å²) in [5.41, 5.74) is -0.857. The molecule has 1 saturated carbocycles. The van der Waals surface area contributed by atoms with Crippen molar-refractivity contribution in [3.63, 3.8) is 0 Å². The van der Waals surface area contributed by atoms with E-state index < -0.39 is 84.8 Å². The minimum atomic E-state index is -4.71. The number of amides is 3. The van der Waals surface area contributed by atoms with Crippen LogP contribution in [0.3, 0.4) is 0 Å². The van der Waals surface area contributed by atoms with E-state index in [0.717, 1.165) is 21.8 Å². The van der Waals surface area contributed by atoms with E-state index in [1.54, 1.807) is 0 Å². The number of ether oxygens (including phenoxy) is 1. The largest absolute Gasteiger partial charge is 0.435 e. The molecule has 1 aromatic carbocycles. The molecule has 3 aromatic rings. The van der Waals surface area contributed by atoms with E-state index in [1.807, 2.05) is 5.32 Å². The van der Waals surface area contributed by atoms with E-state index in [2.05, 4.69) is 15.4 Å². The lowest BCUT2D eigenvalue weighted by atomic mass is 9.82. The molecule has 5 rings (SSSR count). The van der Waals surface area contributed by atoms with Crippen molar-refractivity contribution in [2.24, 2.45) is 13.0 Å². The molecule has 0 bridgehead atoms. The molecule has 1 aliphatic heterocycles. The van der Waals surface area contributed by atoms with Crippen LogP contribution < -0.4 is 10.6 Å². The van der Waals surface area contributed by atoms with E-state index >= 15 is 4.39 Å². The molecule has 2 fully saturated rings. The van der Waals surface area contributed by atoms with Crippen molar-refractivity contribution in [2.75, 3.05) is 20.3 Å². The number of carbonyl (C=O) groups excluding carboxylic acids is 2. The third kappa shape index (κ3) is 6.12. The Morgan fingerprint density at radius 3 is 2.51 bits per heavy atom. The van der Waals surface area contributed by atoms with Gasteiger partial charge in [-0.15, -0.1) is 0 Å². The SMILES string of the molecule is COC[C@H](c1cc(F)c2oc([C@@H](NC(=O)c3c(F)cnn3C)C3CCC(F)(F)CC3)nc2c1)N1C[C@@H](C(F)(F)F)NC1=O. The second-order valence-corrected chi connectivity index (χ2v) is 10.7. The van der Waals surface area contributed by atoms with E-state index in [4.69, 9.17) is 9.15 Å². The highest BCUT2D eigenvalue weighted by molar-refractivity contribution is 5.93. The summed E-state index contributed by atoms with van der Waals surface area (Å²) in [6.45, 7) is -1.02. The van der Waals surface area contributed by atoms with Gasteiger partial charge in [-0.05, 0) is 36.5 Å². The fourth-order valence-corrected chi connectivity index (χ4v) is 5.54. The normalized spacial score (nSPS) is 20.8. The first kappa shape index (κ1) is 30.6. The van der Waals surface area contributed by atoms with Gasteiger partial charge in [-0.3, -0.25) is 9.48 Å². The lowest BCUT2D eigenvalue weighted by molar-refractivity contribution is -0.150. The predicted molar refractivity (Wildman–Crippen MR) is 134 cm³/mol. The Balaban J connectivity index is 1.50. The van der Waals surface area contributed by atoms with Crippen LogP contribution in [0.2, 0.25) is 0 Å². The molecule has 1 saturated heterocycles. The van der Waals surface area contributed by atoms with Crippen molar-refractivity contribution in [2.45, 2.75) is 55.9 Å². The number of urea groups is 1. The molecule has 10 nitrogen and oxygen atoms in total. The van der Waals surface area contributed by atoms with Crippen LogP contribution in [0.25, 0.3) is 11.1 Å². The standard InChI is InChI=1S/C26H27F7N6O4/c1-38-20(15(28)9-34-38)22(40)37-19(12-3-5-25(29,30)6-4-12)23-35-16-8-13(7-14(27)21(16)43-23)17(11-42-2)39-10-18(26(31,32)33)36-24(39)41/h7-9,12,17-19H,3-6,10-11H2,1-2H3,(H,36,41)(H,37,40)/t17-,18+,19+/m1/s1. The monoisotopic (exact) mass is 620 g/mol. The highest BCUT2D eigenvalue weighted by atomic mass is 19.4.